The van der Waals surface area contributed by atoms with Crippen LogP contribution < -0.4 is 5.32 Å². The number of nitrogens with zero attached hydrogens (tertiary/aromatic N) is 1. The molecular weight excluding hydrogens is 410 g/mol. The Morgan fingerprint density at radius 1 is 1.10 bits per heavy atom. The summed E-state index contributed by atoms with van der Waals surface area (Å²) in [5.74, 6) is -2.50. The number of aromatic nitrogens is 1. The molecule has 0 spiro atoms. The van der Waals surface area contributed by atoms with Crippen LogP contribution in [0.15, 0.2) is 36.5 Å². The number of ketones is 1. The van der Waals surface area contributed by atoms with Gasteiger partial charge in [-0.25, -0.2) is 8.78 Å². The summed E-state index contributed by atoms with van der Waals surface area (Å²) in [6.45, 7) is 6.98. The lowest BCUT2D eigenvalue weighted by molar-refractivity contribution is -0.114. The van der Waals surface area contributed by atoms with Crippen molar-refractivity contribution in [2.24, 2.45) is 0 Å². The van der Waals surface area contributed by atoms with Gasteiger partial charge in [-0.15, -0.1) is 0 Å². The normalized spacial score (nSPS) is 10.9. The van der Waals surface area contributed by atoms with Gasteiger partial charge in [-0.3, -0.25) is 9.59 Å². The maximum Gasteiger partial charge on any atom is 0.222 e. The molecule has 0 unspecified atom stereocenters. The van der Waals surface area contributed by atoms with E-state index in [0.717, 1.165) is 23.3 Å². The number of carbonyl (C=O) groups is 2. The summed E-state index contributed by atoms with van der Waals surface area (Å²) in [6, 6.07) is 6.31. The van der Waals surface area contributed by atoms with E-state index in [1.54, 1.807) is 23.8 Å². The van der Waals surface area contributed by atoms with Crippen LogP contribution in [0.2, 0.25) is 5.02 Å². The number of hydrogen-bond acceptors (Lipinski definition) is 2. The fourth-order valence-corrected chi connectivity index (χ4v) is 3.94. The monoisotopic (exact) mass is 430 g/mol. The van der Waals surface area contributed by atoms with E-state index in [0.29, 0.717) is 23.5 Å². The van der Waals surface area contributed by atoms with Gasteiger partial charge >= 0.3 is 0 Å². The van der Waals surface area contributed by atoms with Crippen molar-refractivity contribution in [3.05, 3.63) is 81.0 Å². The van der Waals surface area contributed by atoms with E-state index in [1.807, 2.05) is 13.8 Å². The van der Waals surface area contributed by atoms with E-state index in [1.165, 1.54) is 19.1 Å². The van der Waals surface area contributed by atoms with Gasteiger partial charge in [0.1, 0.15) is 17.5 Å². The average Bonchev–Trinajstić information content (AvgIpc) is 2.95. The molecule has 0 atom stereocenters. The minimum Gasteiger partial charge on any atom is -0.312 e. The molecule has 1 amide bonds. The number of halogens is 3. The van der Waals surface area contributed by atoms with Gasteiger partial charge in [0.15, 0.2) is 0 Å². The number of benzene rings is 2. The molecule has 0 aliphatic rings. The van der Waals surface area contributed by atoms with Gasteiger partial charge in [0.2, 0.25) is 11.7 Å². The lowest BCUT2D eigenvalue weighted by atomic mass is 9.98. The van der Waals surface area contributed by atoms with Crippen LogP contribution >= 0.6 is 11.6 Å². The van der Waals surface area contributed by atoms with Crippen LogP contribution in [-0.2, 0) is 11.2 Å². The molecule has 30 heavy (non-hydrogen) atoms. The first kappa shape index (κ1) is 21.7. The molecule has 3 rings (SSSR count). The third-order valence-electron chi connectivity index (χ3n) is 4.91. The Hall–Kier alpha value is -2.99. The van der Waals surface area contributed by atoms with Crippen molar-refractivity contribution in [2.75, 3.05) is 5.32 Å². The molecule has 1 N–H and O–H groups in total. The fourth-order valence-electron chi connectivity index (χ4n) is 3.67. The van der Waals surface area contributed by atoms with Gasteiger partial charge in [-0.05, 0) is 61.2 Å². The van der Waals surface area contributed by atoms with Crippen LogP contribution in [0.3, 0.4) is 0 Å². The topological polar surface area (TPSA) is 51.1 Å². The number of aryl methyl sites for hydroxylation is 2. The van der Waals surface area contributed by atoms with E-state index in [2.05, 4.69) is 5.32 Å². The summed E-state index contributed by atoms with van der Waals surface area (Å²) < 4.78 is 30.4. The zero-order valence-corrected chi connectivity index (χ0v) is 17.8. The minimum absolute atomic E-state index is 0.0354. The lowest BCUT2D eigenvalue weighted by Gasteiger charge is -2.18. The van der Waals surface area contributed by atoms with Crippen molar-refractivity contribution in [1.29, 1.82) is 0 Å². The van der Waals surface area contributed by atoms with Crippen molar-refractivity contribution in [2.45, 2.75) is 34.1 Å². The molecule has 0 radical (unpaired) electrons. The van der Waals surface area contributed by atoms with Gasteiger partial charge in [0, 0.05) is 23.7 Å². The Bertz CT molecular complexity index is 1150. The molecule has 7 heteroatoms. The molecule has 0 aliphatic heterocycles. The predicted molar refractivity (Wildman–Crippen MR) is 114 cm³/mol. The number of rotatable bonds is 5. The van der Waals surface area contributed by atoms with Crippen LogP contribution in [0.25, 0.3) is 5.69 Å². The Labute approximate surface area is 178 Å². The zero-order valence-electron chi connectivity index (χ0n) is 17.1. The van der Waals surface area contributed by atoms with Gasteiger partial charge in [-0.2, -0.15) is 0 Å². The highest BCUT2D eigenvalue weighted by Gasteiger charge is 2.26. The van der Waals surface area contributed by atoms with Gasteiger partial charge in [0.05, 0.1) is 11.3 Å². The fraction of sp³-hybridized carbons (Fsp3) is 0.217. The maximum absolute atomic E-state index is 14.3. The van der Waals surface area contributed by atoms with Crippen LogP contribution in [0, 0.1) is 25.5 Å². The molecule has 0 fully saturated rings. The summed E-state index contributed by atoms with van der Waals surface area (Å²) in [4.78, 5) is 25.1. The molecule has 0 aliphatic carbocycles. The lowest BCUT2D eigenvalue weighted by Crippen LogP contribution is -2.16. The van der Waals surface area contributed by atoms with Crippen molar-refractivity contribution in [1.82, 2.24) is 4.57 Å². The van der Waals surface area contributed by atoms with Crippen LogP contribution in [0.4, 0.5) is 14.6 Å². The number of hydrogen-bond donors (Lipinski definition) is 1. The number of carbonyl (C=O) groups excluding carboxylic acids is 2. The summed E-state index contributed by atoms with van der Waals surface area (Å²) in [7, 11) is 0. The Morgan fingerprint density at radius 3 is 2.30 bits per heavy atom. The highest BCUT2D eigenvalue weighted by Crippen LogP contribution is 2.34. The zero-order chi connectivity index (χ0) is 22.2. The average molecular weight is 431 g/mol. The smallest absolute Gasteiger partial charge is 0.222 e. The number of amides is 1. The van der Waals surface area contributed by atoms with Crippen molar-refractivity contribution < 1.29 is 18.4 Å². The predicted octanol–water partition coefficient (Wildman–Crippen LogP) is 5.78. The summed E-state index contributed by atoms with van der Waals surface area (Å²) >= 11 is 6.19. The molecule has 2 aromatic carbocycles. The first-order valence-electron chi connectivity index (χ1n) is 9.43. The summed E-state index contributed by atoms with van der Waals surface area (Å²) in [6.07, 6.45) is 2.43. The van der Waals surface area contributed by atoms with Crippen molar-refractivity contribution in [3.8, 4) is 5.69 Å². The molecular formula is C23H21ClF2N2O2. The van der Waals surface area contributed by atoms with E-state index < -0.39 is 23.0 Å². The van der Waals surface area contributed by atoms with E-state index >= 15 is 0 Å². The third-order valence-corrected chi connectivity index (χ3v) is 5.13. The van der Waals surface area contributed by atoms with Crippen LogP contribution in [-0.4, -0.2) is 16.3 Å². The van der Waals surface area contributed by atoms with E-state index in [4.69, 9.17) is 11.6 Å². The largest absolute Gasteiger partial charge is 0.312 e. The van der Waals surface area contributed by atoms with Crippen LogP contribution in [0.5, 0.6) is 0 Å². The van der Waals surface area contributed by atoms with Gasteiger partial charge in [0.25, 0.3) is 0 Å². The van der Waals surface area contributed by atoms with Crippen LogP contribution in [0.1, 0.15) is 46.5 Å². The molecule has 0 saturated carbocycles. The highest BCUT2D eigenvalue weighted by molar-refractivity contribution is 6.31. The molecule has 3 aromatic rings. The number of nitrogens with one attached hydrogen (secondary N) is 1. The van der Waals surface area contributed by atoms with E-state index in [-0.39, 0.29) is 16.5 Å². The molecule has 1 aromatic heterocycles. The highest BCUT2D eigenvalue weighted by atomic mass is 35.5. The van der Waals surface area contributed by atoms with E-state index in [9.17, 15) is 18.4 Å². The van der Waals surface area contributed by atoms with Gasteiger partial charge in [-0.1, -0.05) is 24.6 Å². The minimum atomic E-state index is -0.955. The Morgan fingerprint density at radius 2 is 1.73 bits per heavy atom. The summed E-state index contributed by atoms with van der Waals surface area (Å²) in [5, 5.41) is 3.08. The quantitative estimate of drug-likeness (QED) is 0.522. The number of anilines is 1. The summed E-state index contributed by atoms with van der Waals surface area (Å²) in [5.41, 5.74) is 2.21. The third kappa shape index (κ3) is 3.87. The molecule has 0 bridgehead atoms. The molecule has 4 nitrogen and oxygen atoms in total. The van der Waals surface area contributed by atoms with Gasteiger partial charge < -0.3 is 9.88 Å². The van der Waals surface area contributed by atoms with Crippen molar-refractivity contribution in [3.63, 3.8) is 0 Å². The molecule has 156 valence electrons. The first-order chi connectivity index (χ1) is 14.1. The Kier molecular flexibility index (Phi) is 6.08. The maximum atomic E-state index is 14.3. The van der Waals surface area contributed by atoms with Crippen molar-refractivity contribution >= 4 is 29.1 Å². The Balaban J connectivity index is 2.34. The second-order valence-electron chi connectivity index (χ2n) is 7.09. The standard InChI is InChI=1S/C23H21ClF2N2O2/c1-5-16-13(3)11-28(23(16)27-14(4)29)21-12(2)9-15(24)10-17(21)22(30)20-18(25)7-6-8-19(20)26/h6-11H,5H2,1-4H3,(H,27,29). The SMILES string of the molecule is CCc1c(C)cn(-c2c(C)cc(Cl)cc2C(=O)c2c(F)cccc2F)c1NC(C)=O. The second kappa shape index (κ2) is 8.40. The second-order valence-corrected chi connectivity index (χ2v) is 7.53. The molecule has 1 heterocycles. The molecule has 0 saturated heterocycles. The first-order valence-corrected chi connectivity index (χ1v) is 9.81.